The first-order valence-electron chi connectivity index (χ1n) is 13.5. The quantitative estimate of drug-likeness (QED) is 0.198. The van der Waals surface area contributed by atoms with Gasteiger partial charge in [-0.15, -0.1) is 0 Å². The Morgan fingerprint density at radius 2 is 1.86 bits per heavy atom. The van der Waals surface area contributed by atoms with Gasteiger partial charge in [0.15, 0.2) is 0 Å². The maximum Gasteiger partial charge on any atom is 0.123 e. The van der Waals surface area contributed by atoms with Crippen molar-refractivity contribution in [3.63, 3.8) is 0 Å². The highest BCUT2D eigenvalue weighted by Gasteiger charge is 2.13. The van der Waals surface area contributed by atoms with Crippen molar-refractivity contribution in [1.29, 1.82) is 0 Å². The van der Waals surface area contributed by atoms with Gasteiger partial charge in [-0.25, -0.2) is 4.39 Å². The number of hydrogen-bond donors (Lipinski definition) is 3. The number of pyridine rings is 2. The fourth-order valence-electron chi connectivity index (χ4n) is 4.91. The number of hydrogen-bond acceptors (Lipinski definition) is 4. The highest BCUT2D eigenvalue weighted by molar-refractivity contribution is 5.96. The molecule has 3 N–H and O–H groups in total. The number of aromatic amines is 2. The van der Waals surface area contributed by atoms with E-state index in [4.69, 9.17) is 0 Å². The van der Waals surface area contributed by atoms with Crippen LogP contribution in [-0.2, 0) is 6.42 Å². The lowest BCUT2D eigenvalue weighted by molar-refractivity contribution is 0.628. The molecule has 206 valence electrons. The summed E-state index contributed by atoms with van der Waals surface area (Å²) in [6.07, 6.45) is 10.1. The van der Waals surface area contributed by atoms with Crippen LogP contribution in [0.3, 0.4) is 0 Å². The van der Waals surface area contributed by atoms with Crippen LogP contribution in [0.25, 0.3) is 51.8 Å². The molecule has 6 rings (SSSR count). The first-order valence-corrected chi connectivity index (χ1v) is 13.5. The molecular weight excluding hydrogens is 523 g/mol. The lowest BCUT2D eigenvalue weighted by atomic mass is 10.1. The summed E-state index contributed by atoms with van der Waals surface area (Å²) < 4.78 is 13.9. The van der Waals surface area contributed by atoms with E-state index in [0.717, 1.165) is 56.1 Å². The molecule has 4 heterocycles. The average molecular weight is 553 g/mol. The lowest BCUT2D eigenvalue weighted by Gasteiger charge is -2.11. The molecule has 0 spiro atoms. The largest absolute Gasteiger partial charge is 0.358 e. The molecule has 0 bridgehead atoms. The number of aromatic nitrogens is 5. The van der Waals surface area contributed by atoms with Gasteiger partial charge in [0.2, 0.25) is 0 Å². The van der Waals surface area contributed by atoms with Crippen molar-refractivity contribution < 1.29 is 4.39 Å². The summed E-state index contributed by atoms with van der Waals surface area (Å²) in [5.41, 5.74) is 8.81. The molecule has 0 amide bonds. The van der Waals surface area contributed by atoms with Gasteiger partial charge in [-0.3, -0.25) is 15.1 Å². The van der Waals surface area contributed by atoms with Gasteiger partial charge >= 0.3 is 0 Å². The minimum atomic E-state index is -0.301. The van der Waals surface area contributed by atoms with Crippen molar-refractivity contribution in [2.24, 2.45) is 0 Å². The molecule has 0 saturated heterocycles. The summed E-state index contributed by atoms with van der Waals surface area (Å²) in [4.78, 5) is 12.3. The fourth-order valence-corrected chi connectivity index (χ4v) is 4.91. The third kappa shape index (κ3) is 5.67. The number of allylic oxidation sites excluding steroid dienone is 3. The number of benzene rings is 2. The summed E-state index contributed by atoms with van der Waals surface area (Å²) >= 11 is 0. The van der Waals surface area contributed by atoms with Crippen LogP contribution in [0.4, 0.5) is 10.1 Å². The standard InChI is InChI=1S/C35H29FN6/c1-22(27-18-29(21-37-20-27)39-23(2)16-25-8-5-4-6-9-25)12-13-31-24(3)34(42-41-31)33-19-30-32(40-33)14-15-38-35(30)26-10-7-11-28(36)17-26/h4-15,17-21,39-41H,2-3,16H2,1H3/b22-12+,31-13+. The SMILES string of the molecule is C=C(Cc1ccccc1)Nc1cncc(/C(C)=C/C=c2/[nH]nc(-c3cc4c(-c5cccc(F)c5)nccc4[nH]3)c2=C)c1. The first-order chi connectivity index (χ1) is 20.4. The molecule has 0 saturated carbocycles. The summed E-state index contributed by atoms with van der Waals surface area (Å²) in [6, 6.07) is 22.6. The van der Waals surface area contributed by atoms with Gasteiger partial charge in [0, 0.05) is 46.2 Å². The van der Waals surface area contributed by atoms with Crippen LogP contribution in [0.5, 0.6) is 0 Å². The first kappa shape index (κ1) is 26.7. The Morgan fingerprint density at radius 3 is 2.69 bits per heavy atom. The van der Waals surface area contributed by atoms with Gasteiger partial charge < -0.3 is 10.3 Å². The maximum atomic E-state index is 13.9. The van der Waals surface area contributed by atoms with Gasteiger partial charge in [-0.1, -0.05) is 61.7 Å². The van der Waals surface area contributed by atoms with E-state index in [1.165, 1.54) is 17.7 Å². The zero-order valence-electron chi connectivity index (χ0n) is 23.2. The molecule has 6 aromatic rings. The van der Waals surface area contributed by atoms with E-state index in [0.29, 0.717) is 17.0 Å². The molecule has 0 aliphatic carbocycles. The normalized spacial score (nSPS) is 12.1. The average Bonchev–Trinajstić information content (AvgIpc) is 3.59. The molecule has 0 radical (unpaired) electrons. The van der Waals surface area contributed by atoms with Crippen molar-refractivity contribution in [1.82, 2.24) is 25.1 Å². The van der Waals surface area contributed by atoms with Crippen LogP contribution >= 0.6 is 0 Å². The Kier molecular flexibility index (Phi) is 7.30. The van der Waals surface area contributed by atoms with E-state index in [1.807, 2.05) is 61.7 Å². The monoisotopic (exact) mass is 552 g/mol. The summed E-state index contributed by atoms with van der Waals surface area (Å²) in [5, 5.41) is 13.5. The fraction of sp³-hybridized carbons (Fsp3) is 0.0571. The zero-order valence-corrected chi connectivity index (χ0v) is 23.2. The van der Waals surface area contributed by atoms with Crippen LogP contribution in [-0.4, -0.2) is 25.1 Å². The van der Waals surface area contributed by atoms with Crippen LogP contribution in [0.15, 0.2) is 110 Å². The predicted octanol–water partition coefficient (Wildman–Crippen LogP) is 6.62. The molecule has 2 aromatic carbocycles. The number of nitrogens with one attached hydrogen (secondary N) is 3. The van der Waals surface area contributed by atoms with E-state index >= 15 is 0 Å². The van der Waals surface area contributed by atoms with Crippen LogP contribution in [0.1, 0.15) is 18.1 Å². The van der Waals surface area contributed by atoms with E-state index in [1.54, 1.807) is 18.5 Å². The number of rotatable bonds is 8. The van der Waals surface area contributed by atoms with Crippen molar-refractivity contribution in [3.8, 4) is 22.6 Å². The minimum Gasteiger partial charge on any atom is -0.358 e. The molecule has 0 fully saturated rings. The van der Waals surface area contributed by atoms with Crippen molar-refractivity contribution in [3.05, 3.63) is 137 Å². The van der Waals surface area contributed by atoms with Gasteiger partial charge in [-0.05, 0) is 60.0 Å². The van der Waals surface area contributed by atoms with Crippen molar-refractivity contribution >= 4 is 34.8 Å². The highest BCUT2D eigenvalue weighted by Crippen LogP contribution is 2.29. The minimum absolute atomic E-state index is 0.301. The maximum absolute atomic E-state index is 13.9. The molecule has 6 nitrogen and oxygen atoms in total. The third-order valence-electron chi connectivity index (χ3n) is 7.08. The number of fused-ring (bicyclic) bond motifs is 1. The number of nitrogens with zero attached hydrogens (tertiary/aromatic N) is 3. The van der Waals surface area contributed by atoms with Crippen molar-refractivity contribution in [2.45, 2.75) is 13.3 Å². The topological polar surface area (TPSA) is 82.3 Å². The second-order valence-corrected chi connectivity index (χ2v) is 10.1. The summed E-state index contributed by atoms with van der Waals surface area (Å²) in [6.45, 7) is 10.5. The summed E-state index contributed by atoms with van der Waals surface area (Å²) in [7, 11) is 0. The predicted molar refractivity (Wildman–Crippen MR) is 169 cm³/mol. The third-order valence-corrected chi connectivity index (χ3v) is 7.08. The van der Waals surface area contributed by atoms with Crippen LogP contribution in [0, 0.1) is 5.82 Å². The molecule has 0 aliphatic rings. The number of halogens is 1. The molecule has 4 aromatic heterocycles. The highest BCUT2D eigenvalue weighted by atomic mass is 19.1. The van der Waals surface area contributed by atoms with Gasteiger partial charge in [-0.2, -0.15) is 5.10 Å². The lowest BCUT2D eigenvalue weighted by Crippen LogP contribution is -2.21. The van der Waals surface area contributed by atoms with Gasteiger partial charge in [0.25, 0.3) is 0 Å². The molecule has 7 heteroatoms. The number of H-pyrrole nitrogens is 2. The Labute approximate surface area is 242 Å². The van der Waals surface area contributed by atoms with Crippen LogP contribution in [0.2, 0.25) is 0 Å². The van der Waals surface area contributed by atoms with E-state index in [-0.39, 0.29) is 5.82 Å². The molecule has 42 heavy (non-hydrogen) atoms. The second kappa shape index (κ2) is 11.5. The van der Waals surface area contributed by atoms with Gasteiger partial charge in [0.1, 0.15) is 11.5 Å². The van der Waals surface area contributed by atoms with Crippen molar-refractivity contribution in [2.75, 3.05) is 5.32 Å². The molecular formula is C35H29FN6. The molecule has 0 unspecified atom stereocenters. The van der Waals surface area contributed by atoms with Gasteiger partial charge in [0.05, 0.1) is 28.6 Å². The zero-order chi connectivity index (χ0) is 29.1. The Hall–Kier alpha value is -5.56. The summed E-state index contributed by atoms with van der Waals surface area (Å²) in [5.74, 6) is -0.301. The smallest absolute Gasteiger partial charge is 0.123 e. The second-order valence-electron chi connectivity index (χ2n) is 10.1. The number of anilines is 1. The Morgan fingerprint density at radius 1 is 1.00 bits per heavy atom. The van der Waals surface area contributed by atoms with E-state index in [2.05, 4.69) is 61.8 Å². The molecule has 0 atom stereocenters. The Bertz CT molecular complexity index is 2050. The van der Waals surface area contributed by atoms with Crippen LogP contribution < -0.4 is 15.9 Å². The van der Waals surface area contributed by atoms with E-state index < -0.39 is 0 Å². The molecule has 0 aliphatic heterocycles. The Balaban J connectivity index is 1.24. The van der Waals surface area contributed by atoms with E-state index in [9.17, 15) is 4.39 Å².